The molecule has 22 heavy (non-hydrogen) atoms. The second kappa shape index (κ2) is 10.2. The van der Waals surface area contributed by atoms with Crippen molar-refractivity contribution in [2.45, 2.75) is 59.9 Å². The van der Waals surface area contributed by atoms with Crippen LogP contribution < -0.4 is 0 Å². The van der Waals surface area contributed by atoms with Crippen LogP contribution in [0.1, 0.15) is 41.5 Å². The van der Waals surface area contributed by atoms with Gasteiger partial charge in [-0.25, -0.2) is 0 Å². The Kier molecular flexibility index (Phi) is 9.40. The summed E-state index contributed by atoms with van der Waals surface area (Å²) in [5.41, 5.74) is 0. The molecule has 0 aromatic carbocycles. The summed E-state index contributed by atoms with van der Waals surface area (Å²) in [7, 11) is 0. The van der Waals surface area contributed by atoms with Crippen molar-refractivity contribution in [3.05, 3.63) is 0 Å². The average Bonchev–Trinajstić information content (AvgIpc) is 2.23. The number of ether oxygens (including phenoxy) is 3. The van der Waals surface area contributed by atoms with Gasteiger partial charge in [-0.2, -0.15) is 0 Å². The molecule has 3 atom stereocenters. The number of rotatable bonds is 9. The monoisotopic (exact) mass is 317 g/mol. The minimum Gasteiger partial charge on any atom is -0.461 e. The van der Waals surface area contributed by atoms with E-state index in [1.165, 1.54) is 20.8 Å². The molecule has 0 heterocycles. The van der Waals surface area contributed by atoms with Crippen molar-refractivity contribution in [3.63, 3.8) is 0 Å². The fourth-order valence-corrected chi connectivity index (χ4v) is 2.28. The highest BCUT2D eigenvalue weighted by Crippen LogP contribution is 2.05. The molecule has 0 rings (SSSR count). The number of esters is 3. The summed E-state index contributed by atoms with van der Waals surface area (Å²) in [6.45, 7) is 10.8. The summed E-state index contributed by atoms with van der Waals surface area (Å²) >= 11 is 0. The van der Waals surface area contributed by atoms with Crippen LogP contribution >= 0.6 is 0 Å². The van der Waals surface area contributed by atoms with E-state index >= 15 is 0 Å². The molecule has 7 heteroatoms. The molecular formula is C15H27NO6. The van der Waals surface area contributed by atoms with Gasteiger partial charge in [-0.1, -0.05) is 0 Å². The first kappa shape index (κ1) is 20.4. The molecule has 0 radical (unpaired) electrons. The maximum atomic E-state index is 11.0. The van der Waals surface area contributed by atoms with Gasteiger partial charge in [0.25, 0.3) is 0 Å². The number of carbonyl (C=O) groups is 3. The van der Waals surface area contributed by atoms with Crippen LogP contribution in [0.25, 0.3) is 0 Å². The van der Waals surface area contributed by atoms with Crippen molar-refractivity contribution in [2.75, 3.05) is 19.6 Å². The first-order valence-corrected chi connectivity index (χ1v) is 7.34. The Bertz CT molecular complexity index is 327. The quantitative estimate of drug-likeness (QED) is 0.466. The van der Waals surface area contributed by atoms with Crippen molar-refractivity contribution in [3.8, 4) is 0 Å². The third kappa shape index (κ3) is 11.1. The third-order valence-electron chi connectivity index (χ3n) is 2.65. The van der Waals surface area contributed by atoms with Crippen LogP contribution in [0.5, 0.6) is 0 Å². The lowest BCUT2D eigenvalue weighted by molar-refractivity contribution is -0.148. The van der Waals surface area contributed by atoms with Crippen LogP contribution in [0.2, 0.25) is 0 Å². The second-order valence-electron chi connectivity index (χ2n) is 5.48. The largest absolute Gasteiger partial charge is 0.461 e. The topological polar surface area (TPSA) is 82.1 Å². The third-order valence-corrected chi connectivity index (χ3v) is 2.65. The summed E-state index contributed by atoms with van der Waals surface area (Å²) in [5, 5.41) is 0. The Balaban J connectivity index is 4.63. The molecule has 0 saturated carbocycles. The zero-order valence-electron chi connectivity index (χ0n) is 14.3. The van der Waals surface area contributed by atoms with E-state index in [9.17, 15) is 14.4 Å². The molecule has 0 spiro atoms. The van der Waals surface area contributed by atoms with Crippen LogP contribution in [-0.2, 0) is 28.6 Å². The Labute approximate surface area is 131 Å². The number of carbonyl (C=O) groups excluding carboxylic acids is 3. The highest BCUT2D eigenvalue weighted by atomic mass is 16.6. The van der Waals surface area contributed by atoms with Gasteiger partial charge in [0.15, 0.2) is 0 Å². The normalized spacial score (nSPS) is 14.9. The van der Waals surface area contributed by atoms with Crippen LogP contribution in [0.3, 0.4) is 0 Å². The molecule has 0 aliphatic rings. The Morgan fingerprint density at radius 1 is 0.682 bits per heavy atom. The SMILES string of the molecule is CC(=O)OC(C)CN(CC(C)OC(C)=O)CC(C)OC(C)=O. The molecular weight excluding hydrogens is 290 g/mol. The van der Waals surface area contributed by atoms with Gasteiger partial charge in [0.05, 0.1) is 0 Å². The Morgan fingerprint density at radius 2 is 0.909 bits per heavy atom. The second-order valence-corrected chi connectivity index (χ2v) is 5.48. The van der Waals surface area contributed by atoms with Gasteiger partial charge in [0, 0.05) is 40.4 Å². The maximum Gasteiger partial charge on any atom is 0.302 e. The van der Waals surface area contributed by atoms with Gasteiger partial charge in [0.1, 0.15) is 18.3 Å². The lowest BCUT2D eigenvalue weighted by Crippen LogP contribution is -2.43. The Morgan fingerprint density at radius 3 is 1.09 bits per heavy atom. The molecule has 0 aliphatic carbocycles. The number of hydrogen-bond donors (Lipinski definition) is 0. The fraction of sp³-hybridized carbons (Fsp3) is 0.800. The van der Waals surface area contributed by atoms with E-state index in [0.717, 1.165) is 0 Å². The lowest BCUT2D eigenvalue weighted by atomic mass is 10.2. The summed E-state index contributed by atoms with van der Waals surface area (Å²) < 4.78 is 15.3. The standard InChI is InChI=1S/C15H27NO6/c1-10(20-13(4)17)7-16(8-11(2)21-14(5)18)9-12(3)22-15(6)19/h10-12H,7-9H2,1-6H3. The molecule has 0 saturated heterocycles. The maximum absolute atomic E-state index is 11.0. The smallest absolute Gasteiger partial charge is 0.302 e. The molecule has 128 valence electrons. The zero-order valence-corrected chi connectivity index (χ0v) is 14.3. The Hall–Kier alpha value is -1.63. The highest BCUT2D eigenvalue weighted by molar-refractivity contribution is 5.66. The first-order valence-electron chi connectivity index (χ1n) is 7.34. The van der Waals surface area contributed by atoms with Crippen LogP contribution in [0, 0.1) is 0 Å². The predicted molar refractivity (Wildman–Crippen MR) is 80.1 cm³/mol. The molecule has 0 bridgehead atoms. The summed E-state index contributed by atoms with van der Waals surface area (Å²) in [4.78, 5) is 34.9. The van der Waals surface area contributed by atoms with Gasteiger partial charge in [-0.05, 0) is 20.8 Å². The van der Waals surface area contributed by atoms with Crippen molar-refractivity contribution >= 4 is 17.9 Å². The van der Waals surface area contributed by atoms with Gasteiger partial charge in [0.2, 0.25) is 0 Å². The predicted octanol–water partition coefficient (Wildman–Crippen LogP) is 1.14. The molecule has 3 unspecified atom stereocenters. The van der Waals surface area contributed by atoms with Crippen molar-refractivity contribution in [2.24, 2.45) is 0 Å². The van der Waals surface area contributed by atoms with Crippen molar-refractivity contribution < 1.29 is 28.6 Å². The summed E-state index contributed by atoms with van der Waals surface area (Å²) in [5.74, 6) is -1.06. The van der Waals surface area contributed by atoms with Gasteiger partial charge >= 0.3 is 17.9 Å². The van der Waals surface area contributed by atoms with E-state index in [1.54, 1.807) is 20.8 Å². The summed E-state index contributed by atoms with van der Waals surface area (Å²) in [6.07, 6.45) is -0.940. The van der Waals surface area contributed by atoms with Crippen LogP contribution in [0.15, 0.2) is 0 Å². The molecule has 7 nitrogen and oxygen atoms in total. The molecule has 0 amide bonds. The summed E-state index contributed by atoms with van der Waals surface area (Å²) in [6, 6.07) is 0. The number of hydrogen-bond acceptors (Lipinski definition) is 7. The van der Waals surface area contributed by atoms with Gasteiger partial charge in [-0.15, -0.1) is 0 Å². The number of nitrogens with zero attached hydrogens (tertiary/aromatic N) is 1. The van der Waals surface area contributed by atoms with Gasteiger partial charge in [-0.3, -0.25) is 19.3 Å². The van der Waals surface area contributed by atoms with E-state index in [4.69, 9.17) is 14.2 Å². The lowest BCUT2D eigenvalue weighted by Gasteiger charge is -2.29. The molecule has 0 aromatic heterocycles. The average molecular weight is 317 g/mol. The molecule has 0 aromatic rings. The zero-order chi connectivity index (χ0) is 17.3. The first-order chi connectivity index (χ1) is 10.1. The van der Waals surface area contributed by atoms with Gasteiger partial charge < -0.3 is 14.2 Å². The fourth-order valence-electron chi connectivity index (χ4n) is 2.28. The van der Waals surface area contributed by atoms with Crippen molar-refractivity contribution in [1.29, 1.82) is 0 Å². The molecule has 0 N–H and O–H groups in total. The van der Waals surface area contributed by atoms with E-state index in [2.05, 4.69) is 0 Å². The van der Waals surface area contributed by atoms with Crippen LogP contribution in [0.4, 0.5) is 0 Å². The van der Waals surface area contributed by atoms with E-state index in [-0.39, 0.29) is 36.2 Å². The minimum absolute atomic E-state index is 0.313. The molecule has 0 aliphatic heterocycles. The van der Waals surface area contributed by atoms with E-state index in [1.807, 2.05) is 4.90 Å². The van der Waals surface area contributed by atoms with Crippen molar-refractivity contribution in [1.82, 2.24) is 4.90 Å². The highest BCUT2D eigenvalue weighted by Gasteiger charge is 2.20. The van der Waals surface area contributed by atoms with E-state index in [0.29, 0.717) is 19.6 Å². The van der Waals surface area contributed by atoms with Crippen LogP contribution in [-0.4, -0.2) is 60.8 Å². The van der Waals surface area contributed by atoms with E-state index < -0.39 is 0 Å². The molecule has 0 fully saturated rings. The minimum atomic E-state index is -0.353.